The van der Waals surface area contributed by atoms with Crippen LogP contribution in [0.3, 0.4) is 0 Å². The summed E-state index contributed by atoms with van der Waals surface area (Å²) in [6.45, 7) is 8.19. The Morgan fingerprint density at radius 1 is 0.596 bits per heavy atom. The maximum atomic E-state index is 13.5. The van der Waals surface area contributed by atoms with Crippen molar-refractivity contribution in [3.8, 4) is 23.0 Å². The number of benzene rings is 5. The average molecular weight is 627 g/mol. The summed E-state index contributed by atoms with van der Waals surface area (Å²) in [5, 5.41) is 0. The van der Waals surface area contributed by atoms with Crippen LogP contribution in [0.2, 0.25) is 0 Å². The van der Waals surface area contributed by atoms with Gasteiger partial charge in [-0.1, -0.05) is 54.6 Å². The first kappa shape index (κ1) is 30.2. The number of rotatable bonds is 12. The third-order valence-corrected chi connectivity index (χ3v) is 8.92. The number of hydrogen-bond acceptors (Lipinski definition) is 7. The molecular formula is C40H38N2O5. The summed E-state index contributed by atoms with van der Waals surface area (Å²) in [6.07, 6.45) is 0. The zero-order chi connectivity index (χ0) is 32.2. The number of esters is 1. The van der Waals surface area contributed by atoms with Gasteiger partial charge in [-0.15, -0.1) is 0 Å². The van der Waals surface area contributed by atoms with Gasteiger partial charge in [0.1, 0.15) is 36.2 Å². The third kappa shape index (κ3) is 5.74. The van der Waals surface area contributed by atoms with Gasteiger partial charge in [-0.3, -0.25) is 0 Å². The van der Waals surface area contributed by atoms with Gasteiger partial charge in [0.25, 0.3) is 0 Å². The number of ether oxygens (including phenoxy) is 4. The van der Waals surface area contributed by atoms with Crippen molar-refractivity contribution in [1.82, 2.24) is 0 Å². The van der Waals surface area contributed by atoms with Gasteiger partial charge in [0.2, 0.25) is 0 Å². The quantitative estimate of drug-likeness (QED) is 0.130. The zero-order valence-corrected chi connectivity index (χ0v) is 26.7. The highest BCUT2D eigenvalue weighted by Crippen LogP contribution is 2.57. The number of fused-ring (bicyclic) bond motifs is 6. The molecule has 2 heterocycles. The van der Waals surface area contributed by atoms with Crippen molar-refractivity contribution in [3.63, 3.8) is 0 Å². The molecule has 0 saturated heterocycles. The maximum absolute atomic E-state index is 13.5. The highest BCUT2D eigenvalue weighted by molar-refractivity contribution is 5.97. The molecule has 2 aliphatic rings. The van der Waals surface area contributed by atoms with E-state index >= 15 is 0 Å². The third-order valence-electron chi connectivity index (χ3n) is 8.92. The van der Waals surface area contributed by atoms with Crippen molar-refractivity contribution < 1.29 is 23.7 Å². The van der Waals surface area contributed by atoms with Crippen molar-refractivity contribution in [1.29, 1.82) is 0 Å². The molecule has 0 radical (unpaired) electrons. The number of anilines is 2. The zero-order valence-electron chi connectivity index (χ0n) is 26.7. The minimum Gasteiger partial charge on any atom is -0.492 e. The predicted octanol–water partition coefficient (Wildman–Crippen LogP) is 8.07. The van der Waals surface area contributed by atoms with Crippen LogP contribution in [0.15, 0.2) is 121 Å². The summed E-state index contributed by atoms with van der Waals surface area (Å²) in [7, 11) is 0. The fourth-order valence-corrected chi connectivity index (χ4v) is 6.58. The van der Waals surface area contributed by atoms with Gasteiger partial charge in [-0.2, -0.15) is 0 Å². The van der Waals surface area contributed by atoms with Crippen LogP contribution in [-0.2, 0) is 10.3 Å². The Kier molecular flexibility index (Phi) is 8.44. The first-order valence-corrected chi connectivity index (χ1v) is 16.3. The van der Waals surface area contributed by atoms with Gasteiger partial charge in [-0.05, 0) is 74.5 Å². The largest absolute Gasteiger partial charge is 0.492 e. The molecule has 7 nitrogen and oxygen atoms in total. The molecule has 0 amide bonds. The molecule has 5 aromatic carbocycles. The number of carbonyl (C=O) groups excluding carboxylic acids is 1. The molecule has 238 valence electrons. The molecule has 0 aromatic heterocycles. The first-order chi connectivity index (χ1) is 23.1. The summed E-state index contributed by atoms with van der Waals surface area (Å²) < 4.78 is 25.3. The lowest BCUT2D eigenvalue weighted by atomic mass is 9.77. The van der Waals surface area contributed by atoms with Crippen molar-refractivity contribution in [3.05, 3.63) is 144 Å². The minimum atomic E-state index is -1.15. The Bertz CT molecular complexity index is 1810. The molecule has 5 aromatic rings. The number of para-hydroxylation sites is 2. The van der Waals surface area contributed by atoms with Crippen LogP contribution in [-0.4, -0.2) is 45.4 Å². The maximum Gasteiger partial charge on any atom is 0.340 e. The molecule has 47 heavy (non-hydrogen) atoms. The Morgan fingerprint density at radius 2 is 1.19 bits per heavy atom. The van der Waals surface area contributed by atoms with Crippen LogP contribution in [0, 0.1) is 0 Å². The SMILES string of the molecule is CCN(CC)c1ccc2c(c1)Oc1ccc(N(CCOc3ccccc3)CCOc3ccccc3)cc1C21OC(=O)c2ccccc21. The van der Waals surface area contributed by atoms with Crippen LogP contribution in [0.5, 0.6) is 23.0 Å². The van der Waals surface area contributed by atoms with Crippen LogP contribution in [0.4, 0.5) is 11.4 Å². The molecule has 1 atom stereocenters. The average Bonchev–Trinajstić information content (AvgIpc) is 3.41. The summed E-state index contributed by atoms with van der Waals surface area (Å²) in [6, 6.07) is 39.6. The second kappa shape index (κ2) is 13.1. The molecule has 0 N–H and O–H groups in total. The Labute approximate surface area is 275 Å². The molecule has 1 spiro atoms. The Hall–Kier alpha value is -5.43. The second-order valence-corrected chi connectivity index (χ2v) is 11.6. The van der Waals surface area contributed by atoms with E-state index in [0.29, 0.717) is 43.4 Å². The first-order valence-electron chi connectivity index (χ1n) is 16.3. The van der Waals surface area contributed by atoms with E-state index in [-0.39, 0.29) is 5.97 Å². The van der Waals surface area contributed by atoms with Gasteiger partial charge in [0.15, 0.2) is 5.60 Å². The monoisotopic (exact) mass is 626 g/mol. The van der Waals surface area contributed by atoms with E-state index in [1.54, 1.807) is 0 Å². The molecule has 0 aliphatic carbocycles. The fraction of sp³-hybridized carbons (Fsp3) is 0.225. The lowest BCUT2D eigenvalue weighted by Crippen LogP contribution is -2.35. The summed E-state index contributed by atoms with van der Waals surface area (Å²) in [5.41, 5.74) is 3.83. The number of hydrogen-bond donors (Lipinski definition) is 0. The predicted molar refractivity (Wildman–Crippen MR) is 184 cm³/mol. The molecular weight excluding hydrogens is 588 g/mol. The molecule has 7 heteroatoms. The van der Waals surface area contributed by atoms with Gasteiger partial charge in [-0.25, -0.2) is 4.79 Å². The van der Waals surface area contributed by atoms with Crippen LogP contribution < -0.4 is 24.0 Å². The van der Waals surface area contributed by atoms with Crippen LogP contribution in [0.25, 0.3) is 0 Å². The lowest BCUT2D eigenvalue weighted by Gasteiger charge is -2.38. The smallest absolute Gasteiger partial charge is 0.340 e. The molecule has 0 saturated carbocycles. The fourth-order valence-electron chi connectivity index (χ4n) is 6.58. The summed E-state index contributed by atoms with van der Waals surface area (Å²) >= 11 is 0. The van der Waals surface area contributed by atoms with Crippen molar-refractivity contribution >= 4 is 17.3 Å². The van der Waals surface area contributed by atoms with Gasteiger partial charge >= 0.3 is 5.97 Å². The Balaban J connectivity index is 1.27. The summed E-state index contributed by atoms with van der Waals surface area (Å²) in [5.74, 6) is 2.64. The van der Waals surface area contributed by atoms with Crippen molar-refractivity contribution in [2.24, 2.45) is 0 Å². The molecule has 1 unspecified atom stereocenters. The highest BCUT2D eigenvalue weighted by atomic mass is 16.6. The van der Waals surface area contributed by atoms with E-state index < -0.39 is 5.60 Å². The molecule has 2 aliphatic heterocycles. The molecule has 0 fully saturated rings. The minimum absolute atomic E-state index is 0.345. The van der Waals surface area contributed by atoms with Crippen LogP contribution >= 0.6 is 0 Å². The van der Waals surface area contributed by atoms with E-state index in [0.717, 1.165) is 52.7 Å². The van der Waals surface area contributed by atoms with E-state index in [4.69, 9.17) is 18.9 Å². The number of nitrogens with zero attached hydrogens (tertiary/aromatic N) is 2. The normalized spacial score (nSPS) is 15.6. The van der Waals surface area contributed by atoms with E-state index in [1.807, 2.05) is 97.1 Å². The van der Waals surface area contributed by atoms with E-state index in [2.05, 4.69) is 47.9 Å². The van der Waals surface area contributed by atoms with Crippen molar-refractivity contribution in [2.75, 3.05) is 49.2 Å². The number of carbonyl (C=O) groups is 1. The lowest BCUT2D eigenvalue weighted by molar-refractivity contribution is 0.0224. The standard InChI is InChI=1S/C40H38N2O5/c1-3-41(4-2)30-19-21-35-38(28-30)46-37-22-20-29(27-36(37)40(35)34-18-12-11-17-33(34)39(43)47-40)42(23-25-44-31-13-7-5-8-14-31)24-26-45-32-15-9-6-10-16-32/h5-22,27-28H,3-4,23-26H2,1-2H3. The topological polar surface area (TPSA) is 60.5 Å². The highest BCUT2D eigenvalue weighted by Gasteiger charge is 2.53. The van der Waals surface area contributed by atoms with Gasteiger partial charge in [0.05, 0.1) is 18.7 Å². The molecule has 7 rings (SSSR count). The van der Waals surface area contributed by atoms with E-state index in [1.165, 1.54) is 0 Å². The van der Waals surface area contributed by atoms with Gasteiger partial charge in [0, 0.05) is 47.2 Å². The second-order valence-electron chi connectivity index (χ2n) is 11.6. The van der Waals surface area contributed by atoms with Crippen LogP contribution in [0.1, 0.15) is 40.9 Å². The van der Waals surface area contributed by atoms with E-state index in [9.17, 15) is 4.79 Å². The van der Waals surface area contributed by atoms with Gasteiger partial charge < -0.3 is 28.7 Å². The van der Waals surface area contributed by atoms with Crippen molar-refractivity contribution in [2.45, 2.75) is 19.4 Å². The summed E-state index contributed by atoms with van der Waals surface area (Å²) in [4.78, 5) is 18.0. The Morgan fingerprint density at radius 3 is 1.85 bits per heavy atom. The molecule has 0 bridgehead atoms.